The van der Waals surface area contributed by atoms with Crippen molar-refractivity contribution in [3.05, 3.63) is 43.8 Å². The summed E-state index contributed by atoms with van der Waals surface area (Å²) in [6.07, 6.45) is 0. The average Bonchev–Trinajstić information content (AvgIpc) is 2.57. The molecule has 0 radical (unpaired) electrons. The smallest absolute Gasteiger partial charge is 0.112 e. The molecule has 0 saturated carbocycles. The van der Waals surface area contributed by atoms with Crippen molar-refractivity contribution in [2.45, 2.75) is 27.3 Å². The second-order valence-electron chi connectivity index (χ2n) is 4.06. The Kier molecular flexibility index (Phi) is 3.84. The molecule has 2 rings (SSSR count). The monoisotopic (exact) mass is 310 g/mol. The van der Waals surface area contributed by atoms with Crippen molar-refractivity contribution in [1.82, 2.24) is 4.98 Å². The third kappa shape index (κ3) is 3.07. The summed E-state index contributed by atoms with van der Waals surface area (Å²) in [5.41, 5.74) is 3.54. The van der Waals surface area contributed by atoms with Crippen LogP contribution in [0.5, 0.6) is 0 Å². The third-order valence-corrected chi connectivity index (χ3v) is 4.26. The van der Waals surface area contributed by atoms with Crippen molar-refractivity contribution >= 4 is 33.0 Å². The first kappa shape index (κ1) is 12.6. The Bertz CT molecular complexity index is 515. The van der Waals surface area contributed by atoms with Gasteiger partial charge in [-0.2, -0.15) is 0 Å². The van der Waals surface area contributed by atoms with E-state index in [2.05, 4.69) is 59.1 Å². The van der Waals surface area contributed by atoms with Gasteiger partial charge in [-0.05, 0) is 44.5 Å². The molecule has 0 amide bonds. The lowest BCUT2D eigenvalue weighted by molar-refractivity contribution is 1.07. The van der Waals surface area contributed by atoms with Gasteiger partial charge in [0.05, 0.1) is 12.2 Å². The summed E-state index contributed by atoms with van der Waals surface area (Å²) in [7, 11) is 0. The molecular formula is C13H15BrN2S. The molecule has 17 heavy (non-hydrogen) atoms. The van der Waals surface area contributed by atoms with E-state index in [4.69, 9.17) is 0 Å². The van der Waals surface area contributed by atoms with Crippen LogP contribution in [0.4, 0.5) is 5.69 Å². The van der Waals surface area contributed by atoms with E-state index < -0.39 is 0 Å². The van der Waals surface area contributed by atoms with Gasteiger partial charge in [-0.3, -0.25) is 0 Å². The highest BCUT2D eigenvalue weighted by Gasteiger charge is 2.04. The van der Waals surface area contributed by atoms with Crippen LogP contribution >= 0.6 is 27.3 Å². The van der Waals surface area contributed by atoms with Gasteiger partial charge < -0.3 is 5.32 Å². The second-order valence-corrected chi connectivity index (χ2v) is 6.27. The molecule has 0 bridgehead atoms. The van der Waals surface area contributed by atoms with Crippen LogP contribution in [-0.4, -0.2) is 4.98 Å². The fourth-order valence-electron chi connectivity index (χ4n) is 1.61. The number of nitrogens with zero attached hydrogens (tertiary/aromatic N) is 1. The van der Waals surface area contributed by atoms with Crippen LogP contribution < -0.4 is 5.32 Å². The maximum absolute atomic E-state index is 4.52. The van der Waals surface area contributed by atoms with Crippen LogP contribution in [-0.2, 0) is 6.54 Å². The topological polar surface area (TPSA) is 24.9 Å². The van der Waals surface area contributed by atoms with Crippen molar-refractivity contribution in [2.24, 2.45) is 0 Å². The molecule has 1 aromatic carbocycles. The Morgan fingerprint density at radius 3 is 2.65 bits per heavy atom. The Labute approximate surface area is 114 Å². The Balaban J connectivity index is 2.07. The number of nitrogens with one attached hydrogen (secondary N) is 1. The molecule has 0 fully saturated rings. The number of halogens is 1. The van der Waals surface area contributed by atoms with Crippen molar-refractivity contribution in [1.29, 1.82) is 0 Å². The number of aryl methyl sites for hydroxylation is 3. The molecule has 0 aliphatic rings. The van der Waals surface area contributed by atoms with E-state index in [9.17, 15) is 0 Å². The first-order valence-corrected chi connectivity index (χ1v) is 7.10. The standard InChI is InChI=1S/C13H15BrN2S/c1-8-6-11(14)4-5-12(8)15-7-13-16-9(2)10(3)17-13/h4-6,15H,7H2,1-3H3. The molecule has 2 aromatic rings. The SMILES string of the molecule is Cc1cc(Br)ccc1NCc1nc(C)c(C)s1. The number of hydrogen-bond acceptors (Lipinski definition) is 3. The minimum atomic E-state index is 0.793. The van der Waals surface area contributed by atoms with E-state index in [1.165, 1.54) is 16.1 Å². The molecule has 1 N–H and O–H groups in total. The van der Waals surface area contributed by atoms with Crippen molar-refractivity contribution in [2.75, 3.05) is 5.32 Å². The van der Waals surface area contributed by atoms with Crippen LogP contribution in [0.25, 0.3) is 0 Å². The summed E-state index contributed by atoms with van der Waals surface area (Å²) in [6.45, 7) is 7.06. The zero-order valence-electron chi connectivity index (χ0n) is 10.2. The largest absolute Gasteiger partial charge is 0.378 e. The summed E-state index contributed by atoms with van der Waals surface area (Å²) in [6, 6.07) is 6.25. The maximum atomic E-state index is 4.52. The molecule has 0 atom stereocenters. The minimum Gasteiger partial charge on any atom is -0.378 e. The van der Waals surface area contributed by atoms with Gasteiger partial charge in [0.25, 0.3) is 0 Å². The van der Waals surface area contributed by atoms with Gasteiger partial charge in [0.15, 0.2) is 0 Å². The van der Waals surface area contributed by atoms with E-state index >= 15 is 0 Å². The fraction of sp³-hybridized carbons (Fsp3) is 0.308. The third-order valence-electron chi connectivity index (χ3n) is 2.69. The summed E-state index contributed by atoms with van der Waals surface area (Å²) in [5.74, 6) is 0. The lowest BCUT2D eigenvalue weighted by Gasteiger charge is -2.08. The van der Waals surface area contributed by atoms with Gasteiger partial charge in [0.1, 0.15) is 5.01 Å². The lowest BCUT2D eigenvalue weighted by Crippen LogP contribution is -2.00. The first-order valence-electron chi connectivity index (χ1n) is 5.49. The van der Waals surface area contributed by atoms with Crippen LogP contribution in [0.3, 0.4) is 0 Å². The van der Waals surface area contributed by atoms with E-state index in [0.717, 1.165) is 21.7 Å². The van der Waals surface area contributed by atoms with Crippen molar-refractivity contribution < 1.29 is 0 Å². The molecule has 0 unspecified atom stereocenters. The number of anilines is 1. The lowest BCUT2D eigenvalue weighted by atomic mass is 10.2. The predicted molar refractivity (Wildman–Crippen MR) is 77.8 cm³/mol. The van der Waals surface area contributed by atoms with Crippen LogP contribution in [0, 0.1) is 20.8 Å². The van der Waals surface area contributed by atoms with E-state index in [0.29, 0.717) is 0 Å². The van der Waals surface area contributed by atoms with Gasteiger partial charge in [0, 0.05) is 15.0 Å². The molecule has 0 aliphatic carbocycles. The fourth-order valence-corrected chi connectivity index (χ4v) is 2.96. The summed E-state index contributed by atoms with van der Waals surface area (Å²) in [5, 5.41) is 4.57. The average molecular weight is 311 g/mol. The molecule has 1 aromatic heterocycles. The quantitative estimate of drug-likeness (QED) is 0.906. The maximum Gasteiger partial charge on any atom is 0.112 e. The van der Waals surface area contributed by atoms with Gasteiger partial charge in [-0.15, -0.1) is 11.3 Å². The van der Waals surface area contributed by atoms with E-state index in [1.807, 2.05) is 6.07 Å². The normalized spacial score (nSPS) is 10.6. The minimum absolute atomic E-state index is 0.793. The van der Waals surface area contributed by atoms with Gasteiger partial charge in [0.2, 0.25) is 0 Å². The highest BCUT2D eigenvalue weighted by Crippen LogP contribution is 2.22. The molecule has 90 valence electrons. The van der Waals surface area contributed by atoms with Crippen LogP contribution in [0.2, 0.25) is 0 Å². The Morgan fingerprint density at radius 1 is 1.29 bits per heavy atom. The molecule has 0 aliphatic heterocycles. The van der Waals surface area contributed by atoms with Gasteiger partial charge in [-0.1, -0.05) is 15.9 Å². The van der Waals surface area contributed by atoms with Gasteiger partial charge >= 0.3 is 0 Å². The van der Waals surface area contributed by atoms with E-state index in [1.54, 1.807) is 11.3 Å². The zero-order valence-corrected chi connectivity index (χ0v) is 12.6. The number of rotatable bonds is 3. The Hall–Kier alpha value is -0.870. The van der Waals surface area contributed by atoms with Crippen LogP contribution in [0.15, 0.2) is 22.7 Å². The molecule has 4 heteroatoms. The molecular weight excluding hydrogens is 296 g/mol. The summed E-state index contributed by atoms with van der Waals surface area (Å²) in [4.78, 5) is 5.82. The molecule has 1 heterocycles. The summed E-state index contributed by atoms with van der Waals surface area (Å²) < 4.78 is 1.11. The van der Waals surface area contributed by atoms with Crippen LogP contribution in [0.1, 0.15) is 21.1 Å². The van der Waals surface area contributed by atoms with Crippen molar-refractivity contribution in [3.63, 3.8) is 0 Å². The van der Waals surface area contributed by atoms with Gasteiger partial charge in [-0.25, -0.2) is 4.98 Å². The second kappa shape index (κ2) is 5.19. The highest BCUT2D eigenvalue weighted by molar-refractivity contribution is 9.10. The molecule has 2 nitrogen and oxygen atoms in total. The molecule has 0 saturated heterocycles. The number of aromatic nitrogens is 1. The zero-order chi connectivity index (χ0) is 12.4. The molecule has 0 spiro atoms. The Morgan fingerprint density at radius 2 is 2.06 bits per heavy atom. The van der Waals surface area contributed by atoms with Crippen molar-refractivity contribution in [3.8, 4) is 0 Å². The first-order chi connectivity index (χ1) is 8.06. The number of thiazole rings is 1. The number of benzene rings is 1. The number of hydrogen-bond donors (Lipinski definition) is 1. The highest BCUT2D eigenvalue weighted by atomic mass is 79.9. The van der Waals surface area contributed by atoms with E-state index in [-0.39, 0.29) is 0 Å². The predicted octanol–water partition coefficient (Wildman–Crippen LogP) is 4.44. The summed E-state index contributed by atoms with van der Waals surface area (Å²) >= 11 is 5.23.